The van der Waals surface area contributed by atoms with E-state index in [0.29, 0.717) is 27.1 Å². The highest BCUT2D eigenvalue weighted by molar-refractivity contribution is 6.39. The number of benzene rings is 2. The van der Waals surface area contributed by atoms with Gasteiger partial charge in [-0.3, -0.25) is 0 Å². The van der Waals surface area contributed by atoms with Crippen LogP contribution in [-0.4, -0.2) is 15.2 Å². The zero-order chi connectivity index (χ0) is 16.9. The molecule has 1 aromatic heterocycles. The van der Waals surface area contributed by atoms with E-state index in [4.69, 9.17) is 23.2 Å². The van der Waals surface area contributed by atoms with Gasteiger partial charge >= 0.3 is 0 Å². The molecule has 0 saturated carbocycles. The second-order valence-electron chi connectivity index (χ2n) is 4.83. The zero-order valence-corrected chi connectivity index (χ0v) is 13.8. The molecule has 122 valence electrons. The minimum absolute atomic E-state index is 0.225. The summed E-state index contributed by atoms with van der Waals surface area (Å²) >= 11 is 12.2. The van der Waals surface area contributed by atoms with Crippen molar-refractivity contribution in [3.8, 4) is 0 Å². The molecule has 0 saturated heterocycles. The molecule has 24 heavy (non-hydrogen) atoms. The summed E-state index contributed by atoms with van der Waals surface area (Å²) in [5.74, 6) is 0.385. The maximum Gasteiger partial charge on any atom is 0.249 e. The first-order valence-corrected chi connectivity index (χ1v) is 7.77. The van der Waals surface area contributed by atoms with E-state index in [1.165, 1.54) is 12.3 Å². The van der Waals surface area contributed by atoms with E-state index in [-0.39, 0.29) is 18.3 Å². The lowest BCUT2D eigenvalue weighted by Crippen LogP contribution is -2.07. The standard InChI is InChI=1S/C16H12Cl2FN5/c17-11-5-3-6-12(18)15(11)23-16-22-14(9-21-24-16)20-8-10-4-1-2-7-13(10)19/h1-7,9H,8H2,(H2,20,22,23,24). The second kappa shape index (κ2) is 7.42. The van der Waals surface area contributed by atoms with Gasteiger partial charge in [-0.15, -0.1) is 5.10 Å². The van der Waals surface area contributed by atoms with Gasteiger partial charge in [0, 0.05) is 12.1 Å². The van der Waals surface area contributed by atoms with E-state index in [0.717, 1.165) is 0 Å². The third-order valence-electron chi connectivity index (χ3n) is 3.18. The van der Waals surface area contributed by atoms with Gasteiger partial charge in [0.2, 0.25) is 5.95 Å². The molecule has 3 aromatic rings. The number of hydrogen-bond acceptors (Lipinski definition) is 5. The van der Waals surface area contributed by atoms with Gasteiger partial charge in [0.05, 0.1) is 21.9 Å². The fourth-order valence-electron chi connectivity index (χ4n) is 2.00. The molecule has 2 aromatic carbocycles. The average Bonchev–Trinajstić information content (AvgIpc) is 2.58. The fourth-order valence-corrected chi connectivity index (χ4v) is 2.49. The third kappa shape index (κ3) is 3.90. The Kier molecular flexibility index (Phi) is 5.08. The van der Waals surface area contributed by atoms with Crippen molar-refractivity contribution in [3.63, 3.8) is 0 Å². The molecular weight excluding hydrogens is 352 g/mol. The average molecular weight is 364 g/mol. The molecule has 0 aliphatic heterocycles. The van der Waals surface area contributed by atoms with Crippen LogP contribution in [0.5, 0.6) is 0 Å². The highest BCUT2D eigenvalue weighted by atomic mass is 35.5. The summed E-state index contributed by atoms with van der Waals surface area (Å²) in [6.07, 6.45) is 1.44. The number of nitrogens with one attached hydrogen (secondary N) is 2. The van der Waals surface area contributed by atoms with Gasteiger partial charge < -0.3 is 10.6 Å². The van der Waals surface area contributed by atoms with E-state index in [2.05, 4.69) is 25.8 Å². The molecule has 0 radical (unpaired) electrons. The quantitative estimate of drug-likeness (QED) is 0.689. The monoisotopic (exact) mass is 363 g/mol. The number of rotatable bonds is 5. The molecule has 0 bridgehead atoms. The van der Waals surface area contributed by atoms with Crippen LogP contribution in [0.25, 0.3) is 0 Å². The van der Waals surface area contributed by atoms with Gasteiger partial charge in [0.1, 0.15) is 5.82 Å². The number of halogens is 3. The fraction of sp³-hybridized carbons (Fsp3) is 0.0625. The van der Waals surface area contributed by atoms with Crippen molar-refractivity contribution in [2.45, 2.75) is 6.54 Å². The molecule has 2 N–H and O–H groups in total. The number of anilines is 3. The molecule has 0 fully saturated rings. The highest BCUT2D eigenvalue weighted by Gasteiger charge is 2.08. The molecule has 0 aliphatic carbocycles. The third-order valence-corrected chi connectivity index (χ3v) is 3.81. The number of hydrogen-bond donors (Lipinski definition) is 2. The van der Waals surface area contributed by atoms with Gasteiger partial charge in [-0.1, -0.05) is 47.5 Å². The van der Waals surface area contributed by atoms with Crippen molar-refractivity contribution in [2.24, 2.45) is 0 Å². The van der Waals surface area contributed by atoms with Crippen LogP contribution >= 0.6 is 23.2 Å². The lowest BCUT2D eigenvalue weighted by Gasteiger charge is -2.10. The predicted molar refractivity (Wildman–Crippen MR) is 93.3 cm³/mol. The van der Waals surface area contributed by atoms with E-state index >= 15 is 0 Å². The van der Waals surface area contributed by atoms with Crippen molar-refractivity contribution in [3.05, 3.63) is 70.1 Å². The van der Waals surface area contributed by atoms with Crippen LogP contribution in [0.3, 0.4) is 0 Å². The first-order valence-electron chi connectivity index (χ1n) is 7.01. The van der Waals surface area contributed by atoms with Crippen LogP contribution in [0.4, 0.5) is 21.8 Å². The molecule has 0 atom stereocenters. The SMILES string of the molecule is Fc1ccccc1CNc1cnnc(Nc2c(Cl)cccc2Cl)n1. The number of nitrogens with zero attached hydrogens (tertiary/aromatic N) is 3. The summed E-state index contributed by atoms with van der Waals surface area (Å²) in [4.78, 5) is 4.26. The summed E-state index contributed by atoms with van der Waals surface area (Å²) in [7, 11) is 0. The Morgan fingerprint density at radius 2 is 1.75 bits per heavy atom. The van der Waals surface area contributed by atoms with Gasteiger partial charge in [-0.2, -0.15) is 10.1 Å². The molecule has 8 heteroatoms. The van der Waals surface area contributed by atoms with Crippen molar-refractivity contribution in [1.82, 2.24) is 15.2 Å². The minimum atomic E-state index is -0.284. The number of para-hydroxylation sites is 1. The Labute approximate surface area is 147 Å². The Bertz CT molecular complexity index is 839. The second-order valence-corrected chi connectivity index (χ2v) is 5.65. The number of aromatic nitrogens is 3. The molecule has 3 rings (SSSR count). The summed E-state index contributed by atoms with van der Waals surface area (Å²) in [6.45, 7) is 0.275. The Balaban J connectivity index is 1.74. The summed E-state index contributed by atoms with van der Waals surface area (Å²) < 4.78 is 13.6. The van der Waals surface area contributed by atoms with Gasteiger partial charge in [-0.25, -0.2) is 4.39 Å². The Hall–Kier alpha value is -2.44. The summed E-state index contributed by atoms with van der Waals surface area (Å²) in [5, 5.41) is 14.5. The van der Waals surface area contributed by atoms with Crippen LogP contribution < -0.4 is 10.6 Å². The molecule has 0 amide bonds. The lowest BCUT2D eigenvalue weighted by atomic mass is 10.2. The van der Waals surface area contributed by atoms with E-state index < -0.39 is 0 Å². The topological polar surface area (TPSA) is 62.7 Å². The van der Waals surface area contributed by atoms with E-state index in [1.807, 2.05) is 0 Å². The largest absolute Gasteiger partial charge is 0.364 e. The normalized spacial score (nSPS) is 10.5. The van der Waals surface area contributed by atoms with Crippen molar-refractivity contribution >= 4 is 40.7 Å². The molecule has 1 heterocycles. The first kappa shape index (κ1) is 16.4. The first-order chi connectivity index (χ1) is 11.6. The van der Waals surface area contributed by atoms with Crippen LogP contribution in [0.2, 0.25) is 10.0 Å². The molecule has 0 spiro atoms. The molecule has 5 nitrogen and oxygen atoms in total. The molecular formula is C16H12Cl2FN5. The Morgan fingerprint density at radius 3 is 2.50 bits per heavy atom. The maximum atomic E-state index is 13.6. The van der Waals surface area contributed by atoms with E-state index in [1.54, 1.807) is 36.4 Å². The molecule has 0 aliphatic rings. The van der Waals surface area contributed by atoms with Gasteiger partial charge in [0.25, 0.3) is 0 Å². The van der Waals surface area contributed by atoms with Gasteiger partial charge in [-0.05, 0) is 18.2 Å². The predicted octanol–water partition coefficient (Wildman–Crippen LogP) is 4.67. The minimum Gasteiger partial charge on any atom is -0.364 e. The van der Waals surface area contributed by atoms with Crippen LogP contribution in [0.1, 0.15) is 5.56 Å². The van der Waals surface area contributed by atoms with Crippen LogP contribution in [0, 0.1) is 5.82 Å². The smallest absolute Gasteiger partial charge is 0.249 e. The van der Waals surface area contributed by atoms with Crippen LogP contribution in [0.15, 0.2) is 48.7 Å². The van der Waals surface area contributed by atoms with Crippen molar-refractivity contribution in [2.75, 3.05) is 10.6 Å². The van der Waals surface area contributed by atoms with Crippen molar-refractivity contribution in [1.29, 1.82) is 0 Å². The Morgan fingerprint density at radius 1 is 1.00 bits per heavy atom. The van der Waals surface area contributed by atoms with Crippen molar-refractivity contribution < 1.29 is 4.39 Å². The maximum absolute atomic E-state index is 13.6. The van der Waals surface area contributed by atoms with Crippen LogP contribution in [-0.2, 0) is 6.54 Å². The van der Waals surface area contributed by atoms with Gasteiger partial charge in [0.15, 0.2) is 5.82 Å². The summed E-state index contributed by atoms with van der Waals surface area (Å²) in [6, 6.07) is 11.6. The molecule has 0 unspecified atom stereocenters. The summed E-state index contributed by atoms with van der Waals surface area (Å²) in [5.41, 5.74) is 1.02. The zero-order valence-electron chi connectivity index (χ0n) is 12.3. The lowest BCUT2D eigenvalue weighted by molar-refractivity contribution is 0.613. The van der Waals surface area contributed by atoms with E-state index in [9.17, 15) is 4.39 Å². The highest BCUT2D eigenvalue weighted by Crippen LogP contribution is 2.31.